The SMILES string of the molecule is C#CCC(NC(=O)c1c[nH]c2cc(Br)c(Br)cc12)C(=O)O. The maximum atomic E-state index is 12.2. The van der Waals surface area contributed by atoms with Gasteiger partial charge in [-0.1, -0.05) is 0 Å². The Morgan fingerprint density at radius 1 is 1.38 bits per heavy atom. The van der Waals surface area contributed by atoms with E-state index in [-0.39, 0.29) is 6.42 Å². The Morgan fingerprint density at radius 3 is 2.67 bits per heavy atom. The second-order valence-corrected chi connectivity index (χ2v) is 6.00. The van der Waals surface area contributed by atoms with Crippen LogP contribution in [0.4, 0.5) is 0 Å². The van der Waals surface area contributed by atoms with Gasteiger partial charge in [0, 0.05) is 32.5 Å². The van der Waals surface area contributed by atoms with E-state index in [9.17, 15) is 9.59 Å². The topological polar surface area (TPSA) is 82.2 Å². The lowest BCUT2D eigenvalue weighted by Gasteiger charge is -2.11. The van der Waals surface area contributed by atoms with Gasteiger partial charge >= 0.3 is 5.97 Å². The molecule has 7 heteroatoms. The number of H-pyrrole nitrogens is 1. The summed E-state index contributed by atoms with van der Waals surface area (Å²) in [6.07, 6.45) is 6.57. The number of hydrogen-bond donors (Lipinski definition) is 3. The molecule has 1 unspecified atom stereocenters. The maximum Gasteiger partial charge on any atom is 0.327 e. The third kappa shape index (κ3) is 3.28. The fourth-order valence-corrected chi connectivity index (χ4v) is 2.55. The van der Waals surface area contributed by atoms with Crippen molar-refractivity contribution in [1.82, 2.24) is 10.3 Å². The van der Waals surface area contributed by atoms with Crippen molar-refractivity contribution < 1.29 is 14.7 Å². The lowest BCUT2D eigenvalue weighted by molar-refractivity contribution is -0.139. The quantitative estimate of drug-likeness (QED) is 0.674. The second-order valence-electron chi connectivity index (χ2n) is 4.29. The van der Waals surface area contributed by atoms with Crippen molar-refractivity contribution in [1.29, 1.82) is 0 Å². The second kappa shape index (κ2) is 6.33. The summed E-state index contributed by atoms with van der Waals surface area (Å²) < 4.78 is 1.64. The zero-order chi connectivity index (χ0) is 15.6. The van der Waals surface area contributed by atoms with Gasteiger partial charge in [-0.05, 0) is 44.0 Å². The van der Waals surface area contributed by atoms with Gasteiger partial charge in [-0.2, -0.15) is 0 Å². The summed E-state index contributed by atoms with van der Waals surface area (Å²) in [7, 11) is 0. The number of carbonyl (C=O) groups excluding carboxylic acids is 1. The summed E-state index contributed by atoms with van der Waals surface area (Å²) in [5.74, 6) is 0.587. The third-order valence-corrected chi connectivity index (χ3v) is 4.74. The Morgan fingerprint density at radius 2 is 2.05 bits per heavy atom. The first-order valence-electron chi connectivity index (χ1n) is 5.87. The monoisotopic (exact) mass is 412 g/mol. The van der Waals surface area contributed by atoms with Gasteiger partial charge in [0.05, 0.1) is 5.56 Å². The zero-order valence-electron chi connectivity index (χ0n) is 10.6. The average molecular weight is 414 g/mol. The van der Waals surface area contributed by atoms with Gasteiger partial charge in [0.1, 0.15) is 6.04 Å². The molecule has 0 fully saturated rings. The number of hydrogen-bond acceptors (Lipinski definition) is 2. The lowest BCUT2D eigenvalue weighted by atomic mass is 10.1. The number of terminal acetylenes is 1. The van der Waals surface area contributed by atoms with Gasteiger partial charge in [-0.25, -0.2) is 4.79 Å². The molecule has 1 heterocycles. The Labute approximate surface area is 137 Å². The van der Waals surface area contributed by atoms with E-state index in [1.165, 1.54) is 6.20 Å². The van der Waals surface area contributed by atoms with E-state index in [1.54, 1.807) is 6.07 Å². The molecule has 2 rings (SSSR count). The largest absolute Gasteiger partial charge is 0.480 e. The van der Waals surface area contributed by atoms with Crippen molar-refractivity contribution in [2.24, 2.45) is 0 Å². The number of rotatable bonds is 4. The number of halogens is 2. The number of aromatic amines is 1. The van der Waals surface area contributed by atoms with Crippen LogP contribution in [-0.2, 0) is 4.79 Å². The van der Waals surface area contributed by atoms with Gasteiger partial charge in [-0.15, -0.1) is 12.3 Å². The first-order chi connectivity index (χ1) is 9.93. The zero-order valence-corrected chi connectivity index (χ0v) is 13.8. The number of benzene rings is 1. The molecule has 0 saturated heterocycles. The molecular formula is C14H10Br2N2O3. The number of amides is 1. The molecule has 1 aromatic heterocycles. The van der Waals surface area contributed by atoms with Gasteiger partial charge < -0.3 is 15.4 Å². The average Bonchev–Trinajstić information content (AvgIpc) is 2.81. The highest BCUT2D eigenvalue weighted by atomic mass is 79.9. The minimum absolute atomic E-state index is 0.0708. The molecule has 0 bridgehead atoms. The van der Waals surface area contributed by atoms with Crippen LogP contribution < -0.4 is 5.32 Å². The lowest BCUT2D eigenvalue weighted by Crippen LogP contribution is -2.40. The van der Waals surface area contributed by atoms with Crippen molar-refractivity contribution >= 4 is 54.6 Å². The van der Waals surface area contributed by atoms with Gasteiger partial charge in [0.25, 0.3) is 5.91 Å². The Kier molecular flexibility index (Phi) is 4.70. The number of carboxylic acid groups (broad SMARTS) is 1. The van der Waals surface area contributed by atoms with Crippen molar-refractivity contribution in [3.05, 3.63) is 32.8 Å². The van der Waals surface area contributed by atoms with E-state index < -0.39 is 17.9 Å². The maximum absolute atomic E-state index is 12.2. The highest BCUT2D eigenvalue weighted by molar-refractivity contribution is 9.13. The number of carbonyl (C=O) groups is 2. The van der Waals surface area contributed by atoms with Crippen molar-refractivity contribution in [3.8, 4) is 12.3 Å². The van der Waals surface area contributed by atoms with Crippen molar-refractivity contribution in [2.45, 2.75) is 12.5 Å². The minimum Gasteiger partial charge on any atom is -0.480 e. The van der Waals surface area contributed by atoms with Crippen LogP contribution >= 0.6 is 31.9 Å². The minimum atomic E-state index is -1.16. The molecule has 3 N–H and O–H groups in total. The molecular weight excluding hydrogens is 404 g/mol. The van der Waals surface area contributed by atoms with Gasteiger partial charge in [0.15, 0.2) is 0 Å². The molecule has 2 aromatic rings. The summed E-state index contributed by atoms with van der Waals surface area (Å²) >= 11 is 6.75. The first kappa shape index (κ1) is 15.6. The van der Waals surface area contributed by atoms with Crippen LogP contribution in [0.1, 0.15) is 16.8 Å². The molecule has 5 nitrogen and oxygen atoms in total. The van der Waals surface area contributed by atoms with E-state index in [4.69, 9.17) is 11.5 Å². The Bertz CT molecular complexity index is 761. The molecule has 0 spiro atoms. The fourth-order valence-electron chi connectivity index (χ4n) is 1.86. The summed E-state index contributed by atoms with van der Waals surface area (Å²) in [5, 5.41) is 12.1. The standard InChI is InChI=1S/C14H10Br2N2O3/c1-2-3-11(14(20)21)18-13(19)8-6-17-12-5-10(16)9(15)4-7(8)12/h1,4-6,11,17H,3H2,(H,18,19)(H,20,21). The molecule has 21 heavy (non-hydrogen) atoms. The highest BCUT2D eigenvalue weighted by Gasteiger charge is 2.21. The van der Waals surface area contributed by atoms with Crippen LogP contribution in [0.5, 0.6) is 0 Å². The van der Waals surface area contributed by atoms with Crippen LogP contribution in [0.15, 0.2) is 27.3 Å². The third-order valence-electron chi connectivity index (χ3n) is 2.89. The molecule has 0 aliphatic rings. The van der Waals surface area contributed by atoms with Gasteiger partial charge in [-0.3, -0.25) is 4.79 Å². The van der Waals surface area contributed by atoms with E-state index >= 15 is 0 Å². The van der Waals surface area contributed by atoms with E-state index in [2.05, 4.69) is 48.1 Å². The predicted molar refractivity (Wildman–Crippen MR) is 86.0 cm³/mol. The molecule has 0 radical (unpaired) electrons. The van der Waals surface area contributed by atoms with Crippen LogP contribution in [0.3, 0.4) is 0 Å². The predicted octanol–water partition coefficient (Wildman–Crippen LogP) is 2.90. The normalized spacial score (nSPS) is 11.9. The molecule has 1 amide bonds. The Hall–Kier alpha value is -1.78. The van der Waals surface area contributed by atoms with E-state index in [0.29, 0.717) is 10.9 Å². The summed E-state index contributed by atoms with van der Waals surface area (Å²) in [5.41, 5.74) is 1.13. The molecule has 108 valence electrons. The molecule has 0 aliphatic carbocycles. The molecule has 1 aromatic carbocycles. The van der Waals surface area contributed by atoms with Crippen LogP contribution in [0.25, 0.3) is 10.9 Å². The highest BCUT2D eigenvalue weighted by Crippen LogP contribution is 2.30. The summed E-state index contributed by atoms with van der Waals surface area (Å²) in [6.45, 7) is 0. The molecule has 0 saturated carbocycles. The number of carboxylic acids is 1. The van der Waals surface area contributed by atoms with Crippen LogP contribution in [0.2, 0.25) is 0 Å². The smallest absolute Gasteiger partial charge is 0.327 e. The summed E-state index contributed by atoms with van der Waals surface area (Å²) in [6, 6.07) is 2.50. The van der Waals surface area contributed by atoms with Gasteiger partial charge in [0.2, 0.25) is 0 Å². The summed E-state index contributed by atoms with van der Waals surface area (Å²) in [4.78, 5) is 26.2. The fraction of sp³-hybridized carbons (Fsp3) is 0.143. The van der Waals surface area contributed by atoms with Crippen LogP contribution in [0, 0.1) is 12.3 Å². The number of fused-ring (bicyclic) bond motifs is 1. The number of aliphatic carboxylic acids is 1. The Balaban J connectivity index is 2.34. The first-order valence-corrected chi connectivity index (χ1v) is 7.46. The van der Waals surface area contributed by atoms with Crippen molar-refractivity contribution in [2.75, 3.05) is 0 Å². The van der Waals surface area contributed by atoms with Crippen molar-refractivity contribution in [3.63, 3.8) is 0 Å². The molecule has 1 atom stereocenters. The van der Waals surface area contributed by atoms with E-state index in [0.717, 1.165) is 14.5 Å². The molecule has 0 aliphatic heterocycles. The number of nitrogens with one attached hydrogen (secondary N) is 2. The van der Waals surface area contributed by atoms with E-state index in [1.807, 2.05) is 6.07 Å². The number of aromatic nitrogens is 1. The van der Waals surface area contributed by atoms with Crippen LogP contribution in [-0.4, -0.2) is 28.0 Å².